The largest absolute Gasteiger partial charge is 0.399 e. The molecule has 2 N–H and O–H groups in total. The molecule has 1 aromatic rings. The molecule has 4 heteroatoms. The van der Waals surface area contributed by atoms with Crippen LogP contribution >= 0.6 is 0 Å². The fourth-order valence-electron chi connectivity index (χ4n) is 2.66. The molecule has 1 aliphatic rings. The van der Waals surface area contributed by atoms with Gasteiger partial charge in [0.1, 0.15) is 0 Å². The van der Waals surface area contributed by atoms with Gasteiger partial charge in [0.2, 0.25) is 0 Å². The lowest BCUT2D eigenvalue weighted by molar-refractivity contribution is 0.0613. The third-order valence-electron chi connectivity index (χ3n) is 3.65. The highest BCUT2D eigenvalue weighted by Crippen LogP contribution is 2.20. The lowest BCUT2D eigenvalue weighted by Crippen LogP contribution is -2.39. The van der Waals surface area contributed by atoms with Crippen LogP contribution in [0.5, 0.6) is 0 Å². The maximum atomic E-state index is 12.4. The predicted molar refractivity (Wildman–Crippen MR) is 76.1 cm³/mol. The number of amides is 1. The average molecular weight is 262 g/mol. The molecule has 1 amide bonds. The van der Waals surface area contributed by atoms with E-state index in [1.165, 1.54) is 0 Å². The Morgan fingerprint density at radius 3 is 2.63 bits per heavy atom. The van der Waals surface area contributed by atoms with Crippen molar-refractivity contribution in [2.75, 3.05) is 32.5 Å². The number of piperidine rings is 1. The molecule has 0 aliphatic carbocycles. The van der Waals surface area contributed by atoms with Gasteiger partial charge in [0.05, 0.1) is 0 Å². The second-order valence-electron chi connectivity index (χ2n) is 5.32. The van der Waals surface area contributed by atoms with E-state index in [4.69, 9.17) is 10.5 Å². The molecule has 104 valence electrons. The highest BCUT2D eigenvalue weighted by Gasteiger charge is 2.23. The van der Waals surface area contributed by atoms with E-state index in [0.29, 0.717) is 17.2 Å². The van der Waals surface area contributed by atoms with Crippen molar-refractivity contribution < 1.29 is 9.53 Å². The van der Waals surface area contributed by atoms with Gasteiger partial charge in [-0.2, -0.15) is 0 Å². The van der Waals surface area contributed by atoms with Crippen molar-refractivity contribution >= 4 is 11.6 Å². The number of carbonyl (C=O) groups is 1. The van der Waals surface area contributed by atoms with Gasteiger partial charge < -0.3 is 15.4 Å². The number of likely N-dealkylation sites (tertiary alicyclic amines) is 1. The molecule has 1 saturated heterocycles. The van der Waals surface area contributed by atoms with Crippen LogP contribution in [0.2, 0.25) is 0 Å². The van der Waals surface area contributed by atoms with Crippen molar-refractivity contribution in [3.63, 3.8) is 0 Å². The van der Waals surface area contributed by atoms with Gasteiger partial charge in [-0.3, -0.25) is 4.79 Å². The second-order valence-corrected chi connectivity index (χ2v) is 5.32. The Morgan fingerprint density at radius 2 is 2.05 bits per heavy atom. The van der Waals surface area contributed by atoms with Crippen molar-refractivity contribution in [1.29, 1.82) is 0 Å². The summed E-state index contributed by atoms with van der Waals surface area (Å²) in [6.07, 6.45) is 2.03. The Labute approximate surface area is 114 Å². The number of methoxy groups -OCH3 is 1. The van der Waals surface area contributed by atoms with Crippen LogP contribution in [0.15, 0.2) is 18.2 Å². The van der Waals surface area contributed by atoms with Crippen LogP contribution in [0.25, 0.3) is 0 Å². The summed E-state index contributed by atoms with van der Waals surface area (Å²) in [6.45, 7) is 4.36. The summed E-state index contributed by atoms with van der Waals surface area (Å²) in [5, 5.41) is 0. The van der Waals surface area contributed by atoms with Crippen molar-refractivity contribution in [3.8, 4) is 0 Å². The number of nitrogen functional groups attached to an aromatic ring is 1. The summed E-state index contributed by atoms with van der Waals surface area (Å²) < 4.78 is 5.17. The molecule has 1 fully saturated rings. The number of anilines is 1. The molecule has 19 heavy (non-hydrogen) atoms. The zero-order valence-electron chi connectivity index (χ0n) is 11.7. The minimum absolute atomic E-state index is 0.0891. The standard InChI is InChI=1S/C15H22N2O2/c1-11-7-13(9-14(16)8-11)15(18)17-5-3-12(4-6-17)10-19-2/h7-9,12H,3-6,10,16H2,1-2H3. The van der Waals surface area contributed by atoms with Crippen LogP contribution in [-0.4, -0.2) is 37.6 Å². The lowest BCUT2D eigenvalue weighted by atomic mass is 9.97. The van der Waals surface area contributed by atoms with Crippen LogP contribution in [0, 0.1) is 12.8 Å². The van der Waals surface area contributed by atoms with Crippen LogP contribution in [0.4, 0.5) is 5.69 Å². The summed E-state index contributed by atoms with van der Waals surface area (Å²) in [6, 6.07) is 5.54. The quantitative estimate of drug-likeness (QED) is 0.848. The molecule has 0 radical (unpaired) electrons. The summed E-state index contributed by atoms with van der Waals surface area (Å²) in [5.41, 5.74) is 8.17. The Kier molecular flexibility index (Phi) is 4.43. The third kappa shape index (κ3) is 3.47. The summed E-state index contributed by atoms with van der Waals surface area (Å²) in [4.78, 5) is 14.3. The lowest BCUT2D eigenvalue weighted by Gasteiger charge is -2.31. The third-order valence-corrected chi connectivity index (χ3v) is 3.65. The van der Waals surface area contributed by atoms with E-state index in [-0.39, 0.29) is 5.91 Å². The Bertz CT molecular complexity index is 431. The molecule has 0 spiro atoms. The molecule has 4 nitrogen and oxygen atoms in total. The zero-order valence-corrected chi connectivity index (χ0v) is 11.7. The number of hydrogen-bond donors (Lipinski definition) is 1. The molecule has 0 atom stereocenters. The fraction of sp³-hybridized carbons (Fsp3) is 0.533. The molecule has 1 aromatic carbocycles. The molecular weight excluding hydrogens is 240 g/mol. The predicted octanol–water partition coefficient (Wildman–Crippen LogP) is 2.08. The molecule has 1 heterocycles. The number of rotatable bonds is 3. The van der Waals surface area contributed by atoms with E-state index in [2.05, 4.69) is 0 Å². The van der Waals surface area contributed by atoms with E-state index >= 15 is 0 Å². The van der Waals surface area contributed by atoms with Gasteiger partial charge in [-0.1, -0.05) is 0 Å². The van der Waals surface area contributed by atoms with Crippen LogP contribution in [-0.2, 0) is 4.74 Å². The number of carbonyl (C=O) groups excluding carboxylic acids is 1. The molecule has 1 aliphatic heterocycles. The van der Waals surface area contributed by atoms with Gasteiger partial charge in [0.25, 0.3) is 5.91 Å². The SMILES string of the molecule is COCC1CCN(C(=O)c2cc(C)cc(N)c2)CC1. The minimum Gasteiger partial charge on any atom is -0.399 e. The monoisotopic (exact) mass is 262 g/mol. The van der Waals surface area contributed by atoms with Crippen molar-refractivity contribution in [1.82, 2.24) is 4.90 Å². The number of nitrogens with zero attached hydrogens (tertiary/aromatic N) is 1. The van der Waals surface area contributed by atoms with Crippen molar-refractivity contribution in [3.05, 3.63) is 29.3 Å². The van der Waals surface area contributed by atoms with E-state index in [1.54, 1.807) is 13.2 Å². The first kappa shape index (κ1) is 13.9. The molecule has 0 unspecified atom stereocenters. The Balaban J connectivity index is 2.01. The van der Waals surface area contributed by atoms with Gasteiger partial charge in [0.15, 0.2) is 0 Å². The average Bonchev–Trinajstić information content (AvgIpc) is 2.38. The van der Waals surface area contributed by atoms with Gasteiger partial charge >= 0.3 is 0 Å². The van der Waals surface area contributed by atoms with E-state index in [0.717, 1.165) is 38.1 Å². The van der Waals surface area contributed by atoms with Gasteiger partial charge in [-0.05, 0) is 49.4 Å². The van der Waals surface area contributed by atoms with E-state index < -0.39 is 0 Å². The van der Waals surface area contributed by atoms with Gasteiger partial charge in [0, 0.05) is 38.1 Å². The molecular formula is C15H22N2O2. The first-order valence-corrected chi connectivity index (χ1v) is 6.75. The first-order chi connectivity index (χ1) is 9.10. The summed E-state index contributed by atoms with van der Waals surface area (Å²) >= 11 is 0. The maximum Gasteiger partial charge on any atom is 0.253 e. The number of nitrogens with two attached hydrogens (primary N) is 1. The van der Waals surface area contributed by atoms with Gasteiger partial charge in [-0.25, -0.2) is 0 Å². The Hall–Kier alpha value is -1.55. The maximum absolute atomic E-state index is 12.4. The second kappa shape index (κ2) is 6.06. The molecule has 0 saturated carbocycles. The number of hydrogen-bond acceptors (Lipinski definition) is 3. The topological polar surface area (TPSA) is 55.6 Å². The fourth-order valence-corrected chi connectivity index (χ4v) is 2.66. The van der Waals surface area contributed by atoms with Crippen LogP contribution in [0.1, 0.15) is 28.8 Å². The van der Waals surface area contributed by atoms with Crippen molar-refractivity contribution in [2.24, 2.45) is 5.92 Å². The highest BCUT2D eigenvalue weighted by atomic mass is 16.5. The van der Waals surface area contributed by atoms with E-state index in [9.17, 15) is 4.79 Å². The zero-order chi connectivity index (χ0) is 13.8. The summed E-state index contributed by atoms with van der Waals surface area (Å²) in [5.74, 6) is 0.669. The highest BCUT2D eigenvalue weighted by molar-refractivity contribution is 5.95. The van der Waals surface area contributed by atoms with E-state index in [1.807, 2.05) is 24.0 Å². The first-order valence-electron chi connectivity index (χ1n) is 6.75. The van der Waals surface area contributed by atoms with Crippen LogP contribution < -0.4 is 5.73 Å². The normalized spacial score (nSPS) is 16.6. The van der Waals surface area contributed by atoms with Gasteiger partial charge in [-0.15, -0.1) is 0 Å². The molecule has 0 bridgehead atoms. The molecule has 0 aromatic heterocycles. The number of aryl methyl sites for hydroxylation is 1. The van der Waals surface area contributed by atoms with Crippen LogP contribution in [0.3, 0.4) is 0 Å². The number of ether oxygens (including phenoxy) is 1. The minimum atomic E-state index is 0.0891. The van der Waals surface area contributed by atoms with Crippen molar-refractivity contribution in [2.45, 2.75) is 19.8 Å². The Morgan fingerprint density at radius 1 is 1.37 bits per heavy atom. The summed E-state index contributed by atoms with van der Waals surface area (Å²) in [7, 11) is 1.73. The molecule has 2 rings (SSSR count). The number of benzene rings is 1. The smallest absolute Gasteiger partial charge is 0.253 e.